The maximum atomic E-state index is 12.1. The number of hydrogen-bond acceptors (Lipinski definition) is 2. The maximum Gasteiger partial charge on any atom is 0.389 e. The third kappa shape index (κ3) is 5.04. The highest BCUT2D eigenvalue weighted by Crippen LogP contribution is 2.26. The Hall–Kier alpha value is -1.56. The van der Waals surface area contributed by atoms with Crippen LogP contribution in [0.1, 0.15) is 31.2 Å². The fourth-order valence-corrected chi connectivity index (χ4v) is 2.54. The summed E-state index contributed by atoms with van der Waals surface area (Å²) in [6.45, 7) is 0. The van der Waals surface area contributed by atoms with Crippen molar-refractivity contribution in [3.8, 4) is 0 Å². The van der Waals surface area contributed by atoms with Gasteiger partial charge in [-0.1, -0.05) is 12.1 Å². The Kier molecular flexibility index (Phi) is 4.88. The molecule has 1 aliphatic rings. The Labute approximate surface area is 121 Å². The van der Waals surface area contributed by atoms with Crippen LogP contribution in [0.4, 0.5) is 18.9 Å². The Bertz CT molecular complexity index is 485. The molecule has 0 bridgehead atoms. The minimum absolute atomic E-state index is 0.0464. The summed E-state index contributed by atoms with van der Waals surface area (Å²) in [5.41, 5.74) is 6.99. The third-order valence-electron chi connectivity index (χ3n) is 3.76. The molecule has 2 atom stereocenters. The largest absolute Gasteiger partial charge is 0.389 e. The van der Waals surface area contributed by atoms with E-state index < -0.39 is 12.6 Å². The molecule has 3 N–H and O–H groups in total. The van der Waals surface area contributed by atoms with Gasteiger partial charge in [0.25, 0.3) is 0 Å². The lowest BCUT2D eigenvalue weighted by molar-refractivity contribution is -0.134. The van der Waals surface area contributed by atoms with Crippen molar-refractivity contribution in [1.82, 2.24) is 0 Å². The Morgan fingerprint density at radius 1 is 1.24 bits per heavy atom. The quantitative estimate of drug-likeness (QED) is 0.897. The van der Waals surface area contributed by atoms with E-state index in [-0.39, 0.29) is 24.3 Å². The molecule has 116 valence electrons. The van der Waals surface area contributed by atoms with Crippen molar-refractivity contribution in [2.75, 3.05) is 5.32 Å². The second-order valence-electron chi connectivity index (χ2n) is 5.57. The predicted molar refractivity (Wildman–Crippen MR) is 74.8 cm³/mol. The van der Waals surface area contributed by atoms with Crippen molar-refractivity contribution in [3.05, 3.63) is 29.8 Å². The monoisotopic (exact) mass is 300 g/mol. The van der Waals surface area contributed by atoms with Gasteiger partial charge in [-0.3, -0.25) is 4.79 Å². The lowest BCUT2D eigenvalue weighted by Crippen LogP contribution is -2.23. The van der Waals surface area contributed by atoms with E-state index in [9.17, 15) is 18.0 Å². The molecule has 0 heterocycles. The molecule has 0 aliphatic heterocycles. The molecule has 1 aromatic rings. The second kappa shape index (κ2) is 6.47. The smallest absolute Gasteiger partial charge is 0.328 e. The number of nitrogens with one attached hydrogen (secondary N) is 1. The first-order chi connectivity index (χ1) is 9.83. The molecule has 2 unspecified atom stereocenters. The summed E-state index contributed by atoms with van der Waals surface area (Å²) in [5.74, 6) is -0.129. The molecule has 1 saturated carbocycles. The van der Waals surface area contributed by atoms with Crippen molar-refractivity contribution in [1.29, 1.82) is 0 Å². The summed E-state index contributed by atoms with van der Waals surface area (Å²) in [6.07, 6.45) is -2.69. The molecule has 0 radical (unpaired) electrons. The van der Waals surface area contributed by atoms with Gasteiger partial charge >= 0.3 is 6.18 Å². The summed E-state index contributed by atoms with van der Waals surface area (Å²) >= 11 is 0. The summed E-state index contributed by atoms with van der Waals surface area (Å²) < 4.78 is 36.4. The number of carbonyl (C=O) groups is 1. The van der Waals surface area contributed by atoms with Crippen LogP contribution in [-0.4, -0.2) is 18.1 Å². The van der Waals surface area contributed by atoms with E-state index in [0.29, 0.717) is 17.7 Å². The predicted octanol–water partition coefficient (Wildman–Crippen LogP) is 3.25. The molecule has 0 aromatic heterocycles. The van der Waals surface area contributed by atoms with Crippen molar-refractivity contribution in [2.45, 2.75) is 44.3 Å². The minimum atomic E-state index is -4.14. The number of benzene rings is 1. The normalized spacial score (nSPS) is 22.3. The van der Waals surface area contributed by atoms with Gasteiger partial charge in [0.1, 0.15) is 0 Å². The molecular weight excluding hydrogens is 281 g/mol. The van der Waals surface area contributed by atoms with Gasteiger partial charge in [0.05, 0.1) is 0 Å². The van der Waals surface area contributed by atoms with Crippen LogP contribution in [0.3, 0.4) is 0 Å². The average molecular weight is 300 g/mol. The molecule has 21 heavy (non-hydrogen) atoms. The van der Waals surface area contributed by atoms with Crippen LogP contribution in [0, 0.1) is 5.92 Å². The molecule has 3 nitrogen and oxygen atoms in total. The molecule has 0 spiro atoms. The van der Waals surface area contributed by atoms with E-state index in [2.05, 4.69) is 5.32 Å². The number of nitrogens with two attached hydrogens (primary N) is 1. The summed E-state index contributed by atoms with van der Waals surface area (Å²) in [7, 11) is 0. The van der Waals surface area contributed by atoms with Crippen molar-refractivity contribution < 1.29 is 18.0 Å². The van der Waals surface area contributed by atoms with Crippen LogP contribution in [0.5, 0.6) is 0 Å². The van der Waals surface area contributed by atoms with E-state index in [4.69, 9.17) is 5.73 Å². The van der Waals surface area contributed by atoms with Crippen molar-refractivity contribution in [2.24, 2.45) is 11.7 Å². The molecular formula is C15H19F3N2O. The van der Waals surface area contributed by atoms with Gasteiger partial charge < -0.3 is 11.1 Å². The highest BCUT2D eigenvalue weighted by Gasteiger charge is 2.28. The number of alkyl halides is 3. The van der Waals surface area contributed by atoms with Gasteiger partial charge in [-0.05, 0) is 43.4 Å². The fourth-order valence-electron chi connectivity index (χ4n) is 2.54. The topological polar surface area (TPSA) is 55.1 Å². The number of aryl methyl sites for hydroxylation is 1. The first-order valence-electron chi connectivity index (χ1n) is 7.05. The summed E-state index contributed by atoms with van der Waals surface area (Å²) in [5, 5.41) is 2.79. The van der Waals surface area contributed by atoms with Crippen LogP contribution in [0.2, 0.25) is 0 Å². The van der Waals surface area contributed by atoms with Crippen LogP contribution >= 0.6 is 0 Å². The summed E-state index contributed by atoms with van der Waals surface area (Å²) in [6, 6.07) is 6.59. The number of halogens is 3. The number of amides is 1. The Morgan fingerprint density at radius 3 is 2.43 bits per heavy atom. The van der Waals surface area contributed by atoms with Gasteiger partial charge in [0.2, 0.25) is 5.91 Å². The average Bonchev–Trinajstić information content (AvgIpc) is 2.84. The number of hydrogen-bond donors (Lipinski definition) is 2. The Morgan fingerprint density at radius 2 is 1.90 bits per heavy atom. The number of rotatable bonds is 4. The summed E-state index contributed by atoms with van der Waals surface area (Å²) in [4.78, 5) is 12.0. The number of carbonyl (C=O) groups excluding carboxylic acids is 1. The maximum absolute atomic E-state index is 12.1. The van der Waals surface area contributed by atoms with E-state index in [0.717, 1.165) is 12.8 Å². The first kappa shape index (κ1) is 15.8. The van der Waals surface area contributed by atoms with Crippen molar-refractivity contribution in [3.63, 3.8) is 0 Å². The molecule has 1 amide bonds. The van der Waals surface area contributed by atoms with E-state index in [1.165, 1.54) is 0 Å². The molecule has 1 aromatic carbocycles. The SMILES string of the molecule is NC1CCC(C(=O)Nc2ccc(CCC(F)(F)F)cc2)C1. The van der Waals surface area contributed by atoms with Gasteiger partial charge in [0, 0.05) is 24.1 Å². The van der Waals surface area contributed by atoms with E-state index in [1.54, 1.807) is 24.3 Å². The minimum Gasteiger partial charge on any atom is -0.328 e. The standard InChI is InChI=1S/C15H19F3N2O/c16-15(17,18)8-7-10-1-5-13(6-2-10)20-14(21)11-3-4-12(19)9-11/h1-2,5-6,11-12H,3-4,7-9,19H2,(H,20,21). The molecule has 2 rings (SSSR count). The lowest BCUT2D eigenvalue weighted by atomic mass is 10.1. The van der Waals surface area contributed by atoms with Crippen LogP contribution in [0.15, 0.2) is 24.3 Å². The highest BCUT2D eigenvalue weighted by molar-refractivity contribution is 5.92. The zero-order valence-corrected chi connectivity index (χ0v) is 11.6. The zero-order valence-electron chi connectivity index (χ0n) is 11.6. The van der Waals surface area contributed by atoms with Crippen LogP contribution < -0.4 is 11.1 Å². The molecule has 1 fully saturated rings. The molecule has 1 aliphatic carbocycles. The third-order valence-corrected chi connectivity index (χ3v) is 3.76. The van der Waals surface area contributed by atoms with Crippen molar-refractivity contribution >= 4 is 11.6 Å². The highest BCUT2D eigenvalue weighted by atomic mass is 19.4. The molecule has 6 heteroatoms. The van der Waals surface area contributed by atoms with Crippen LogP contribution in [0.25, 0.3) is 0 Å². The van der Waals surface area contributed by atoms with E-state index in [1.807, 2.05) is 0 Å². The zero-order chi connectivity index (χ0) is 15.5. The van der Waals surface area contributed by atoms with E-state index >= 15 is 0 Å². The van der Waals surface area contributed by atoms with Gasteiger partial charge in [0.15, 0.2) is 0 Å². The second-order valence-corrected chi connectivity index (χ2v) is 5.57. The lowest BCUT2D eigenvalue weighted by Gasteiger charge is -2.11. The van der Waals surface area contributed by atoms with Crippen LogP contribution in [-0.2, 0) is 11.2 Å². The fraction of sp³-hybridized carbons (Fsp3) is 0.533. The van der Waals surface area contributed by atoms with Gasteiger partial charge in [-0.15, -0.1) is 0 Å². The number of anilines is 1. The Balaban J connectivity index is 1.86. The van der Waals surface area contributed by atoms with Gasteiger partial charge in [-0.2, -0.15) is 13.2 Å². The first-order valence-corrected chi connectivity index (χ1v) is 7.05. The molecule has 0 saturated heterocycles. The van der Waals surface area contributed by atoms with Gasteiger partial charge in [-0.25, -0.2) is 0 Å².